The zero-order valence-corrected chi connectivity index (χ0v) is 11.9. The van der Waals surface area contributed by atoms with Crippen LogP contribution in [0.3, 0.4) is 0 Å². The molecule has 0 saturated carbocycles. The van der Waals surface area contributed by atoms with E-state index >= 15 is 0 Å². The van der Waals surface area contributed by atoms with Crippen molar-refractivity contribution in [2.24, 2.45) is 0 Å². The lowest BCUT2D eigenvalue weighted by molar-refractivity contribution is -0.384. The van der Waals surface area contributed by atoms with Gasteiger partial charge in [0.05, 0.1) is 17.2 Å². The van der Waals surface area contributed by atoms with Crippen molar-refractivity contribution in [1.29, 1.82) is 0 Å². The largest absolute Gasteiger partial charge is 0.347 e. The van der Waals surface area contributed by atoms with E-state index in [0.29, 0.717) is 12.1 Å². The highest BCUT2D eigenvalue weighted by molar-refractivity contribution is 5.91. The summed E-state index contributed by atoms with van der Waals surface area (Å²) in [5, 5.41) is 13.2. The van der Waals surface area contributed by atoms with Crippen LogP contribution in [0, 0.1) is 17.0 Å². The van der Waals surface area contributed by atoms with Crippen LogP contribution >= 0.6 is 0 Å². The summed E-state index contributed by atoms with van der Waals surface area (Å²) in [6, 6.07) is 7.73. The highest BCUT2D eigenvalue weighted by atomic mass is 16.6. The molecule has 0 aliphatic carbocycles. The zero-order chi connectivity index (χ0) is 15.9. The molecule has 7 nitrogen and oxygen atoms in total. The summed E-state index contributed by atoms with van der Waals surface area (Å²) in [5.41, 5.74) is 2.28. The molecule has 0 atom stereocenters. The molecule has 0 aliphatic rings. The van der Waals surface area contributed by atoms with Crippen molar-refractivity contribution in [3.8, 4) is 0 Å². The first kappa shape index (κ1) is 15.3. The summed E-state index contributed by atoms with van der Waals surface area (Å²) >= 11 is 0. The molecule has 2 aromatic rings. The molecule has 0 unspecified atom stereocenters. The van der Waals surface area contributed by atoms with E-state index in [-0.39, 0.29) is 11.6 Å². The second-order valence-corrected chi connectivity index (χ2v) is 4.55. The van der Waals surface area contributed by atoms with Crippen molar-refractivity contribution >= 4 is 17.7 Å². The van der Waals surface area contributed by atoms with E-state index in [1.54, 1.807) is 24.3 Å². The average molecular weight is 298 g/mol. The molecule has 1 aromatic carbocycles. The summed E-state index contributed by atoms with van der Waals surface area (Å²) in [4.78, 5) is 29.8. The number of carbonyl (C=O) groups excluding carboxylic acids is 1. The Kier molecular flexibility index (Phi) is 4.92. The van der Waals surface area contributed by atoms with Gasteiger partial charge in [-0.3, -0.25) is 14.9 Å². The standard InChI is InChI=1S/C15H14N4O3/c1-11-8-13(18-10-17-11)9-16-15(20)7-4-12-2-5-14(6-3-12)19(21)22/h2-8,10H,9H2,1H3,(H,16,20)/b7-4+. The van der Waals surface area contributed by atoms with Gasteiger partial charge < -0.3 is 5.32 Å². The van der Waals surface area contributed by atoms with E-state index in [2.05, 4.69) is 15.3 Å². The molecule has 0 bridgehead atoms. The maximum absolute atomic E-state index is 11.7. The van der Waals surface area contributed by atoms with Gasteiger partial charge in [-0.15, -0.1) is 0 Å². The number of nitrogens with one attached hydrogen (secondary N) is 1. The van der Waals surface area contributed by atoms with Gasteiger partial charge in [-0.1, -0.05) is 0 Å². The SMILES string of the molecule is Cc1cc(CNC(=O)/C=C/c2ccc([N+](=O)[O-])cc2)ncn1. The van der Waals surface area contributed by atoms with Crippen molar-refractivity contribution < 1.29 is 9.72 Å². The molecule has 1 amide bonds. The van der Waals surface area contributed by atoms with Gasteiger partial charge >= 0.3 is 0 Å². The van der Waals surface area contributed by atoms with Crippen LogP contribution in [0.5, 0.6) is 0 Å². The summed E-state index contributed by atoms with van der Waals surface area (Å²) in [6.07, 6.45) is 4.41. The van der Waals surface area contributed by atoms with Crippen LogP contribution in [0.25, 0.3) is 6.08 Å². The van der Waals surface area contributed by atoms with Gasteiger partial charge in [0.25, 0.3) is 5.69 Å². The molecule has 0 spiro atoms. The highest BCUT2D eigenvalue weighted by Gasteiger charge is 2.03. The van der Waals surface area contributed by atoms with Crippen molar-refractivity contribution in [1.82, 2.24) is 15.3 Å². The van der Waals surface area contributed by atoms with Crippen molar-refractivity contribution in [2.75, 3.05) is 0 Å². The highest BCUT2D eigenvalue weighted by Crippen LogP contribution is 2.12. The van der Waals surface area contributed by atoms with Gasteiger partial charge in [0, 0.05) is 23.9 Å². The molecule has 22 heavy (non-hydrogen) atoms. The molecule has 0 saturated heterocycles. The maximum atomic E-state index is 11.7. The van der Waals surface area contributed by atoms with Gasteiger partial charge in [-0.25, -0.2) is 9.97 Å². The minimum Gasteiger partial charge on any atom is -0.347 e. The molecule has 7 heteroatoms. The Hall–Kier alpha value is -3.09. The Morgan fingerprint density at radius 2 is 2.05 bits per heavy atom. The number of amides is 1. The quantitative estimate of drug-likeness (QED) is 0.517. The van der Waals surface area contributed by atoms with Crippen molar-refractivity contribution in [3.63, 3.8) is 0 Å². The maximum Gasteiger partial charge on any atom is 0.269 e. The van der Waals surface area contributed by atoms with Gasteiger partial charge in [0.1, 0.15) is 6.33 Å². The Bertz CT molecular complexity index is 711. The Labute approximate surface area is 126 Å². The first-order chi connectivity index (χ1) is 10.5. The number of rotatable bonds is 5. The third-order valence-corrected chi connectivity index (χ3v) is 2.84. The Balaban J connectivity index is 1.89. The number of carbonyl (C=O) groups is 1. The second-order valence-electron chi connectivity index (χ2n) is 4.55. The predicted octanol–water partition coefficient (Wildman–Crippen LogP) is 2.02. The number of hydrogen-bond acceptors (Lipinski definition) is 5. The second kappa shape index (κ2) is 7.07. The zero-order valence-electron chi connectivity index (χ0n) is 11.9. The molecule has 0 fully saturated rings. The normalized spacial score (nSPS) is 10.6. The van der Waals surface area contributed by atoms with Crippen LogP contribution in [-0.2, 0) is 11.3 Å². The average Bonchev–Trinajstić information content (AvgIpc) is 2.51. The Morgan fingerprint density at radius 1 is 1.32 bits per heavy atom. The molecule has 0 radical (unpaired) electrons. The molecular formula is C15H14N4O3. The smallest absolute Gasteiger partial charge is 0.269 e. The lowest BCUT2D eigenvalue weighted by Gasteiger charge is -2.02. The number of nitrogens with zero attached hydrogens (tertiary/aromatic N) is 3. The number of benzene rings is 1. The number of non-ortho nitro benzene ring substituents is 1. The number of hydrogen-bond donors (Lipinski definition) is 1. The van der Waals surface area contributed by atoms with E-state index < -0.39 is 4.92 Å². The third kappa shape index (κ3) is 4.48. The minimum absolute atomic E-state index is 0.0146. The summed E-state index contributed by atoms with van der Waals surface area (Å²) in [7, 11) is 0. The van der Waals surface area contributed by atoms with Gasteiger partial charge in [0.15, 0.2) is 0 Å². The van der Waals surface area contributed by atoms with E-state index in [4.69, 9.17) is 0 Å². The fourth-order valence-corrected chi connectivity index (χ4v) is 1.72. The van der Waals surface area contributed by atoms with Crippen LogP contribution in [-0.4, -0.2) is 20.8 Å². The lowest BCUT2D eigenvalue weighted by Crippen LogP contribution is -2.21. The molecule has 1 heterocycles. The summed E-state index contributed by atoms with van der Waals surface area (Å²) in [6.45, 7) is 2.16. The molecule has 1 N–H and O–H groups in total. The summed E-state index contributed by atoms with van der Waals surface area (Å²) < 4.78 is 0. The van der Waals surface area contributed by atoms with Gasteiger partial charge in [-0.2, -0.15) is 0 Å². The monoisotopic (exact) mass is 298 g/mol. The first-order valence-corrected chi connectivity index (χ1v) is 6.52. The van der Waals surface area contributed by atoms with E-state index in [1.807, 2.05) is 6.92 Å². The van der Waals surface area contributed by atoms with Crippen LogP contribution < -0.4 is 5.32 Å². The molecule has 1 aromatic heterocycles. The number of aryl methyl sites for hydroxylation is 1. The first-order valence-electron chi connectivity index (χ1n) is 6.52. The van der Waals surface area contributed by atoms with E-state index in [0.717, 1.165) is 11.4 Å². The van der Waals surface area contributed by atoms with E-state index in [1.165, 1.54) is 24.5 Å². The predicted molar refractivity (Wildman–Crippen MR) is 80.7 cm³/mol. The van der Waals surface area contributed by atoms with E-state index in [9.17, 15) is 14.9 Å². The molecule has 2 rings (SSSR count). The summed E-state index contributed by atoms with van der Waals surface area (Å²) in [5.74, 6) is -0.269. The number of aromatic nitrogens is 2. The van der Waals surface area contributed by atoms with Crippen LogP contribution in [0.15, 0.2) is 42.7 Å². The van der Waals surface area contributed by atoms with Gasteiger partial charge in [0.2, 0.25) is 5.91 Å². The topological polar surface area (TPSA) is 98.0 Å². The number of nitro benzene ring substituents is 1. The lowest BCUT2D eigenvalue weighted by atomic mass is 10.2. The number of nitro groups is 1. The third-order valence-electron chi connectivity index (χ3n) is 2.84. The van der Waals surface area contributed by atoms with Crippen LogP contribution in [0.1, 0.15) is 17.0 Å². The van der Waals surface area contributed by atoms with Crippen molar-refractivity contribution in [2.45, 2.75) is 13.5 Å². The fraction of sp³-hybridized carbons (Fsp3) is 0.133. The van der Waals surface area contributed by atoms with Gasteiger partial charge in [-0.05, 0) is 36.8 Å². The van der Waals surface area contributed by atoms with Crippen LogP contribution in [0.4, 0.5) is 5.69 Å². The minimum atomic E-state index is -0.468. The Morgan fingerprint density at radius 3 is 2.68 bits per heavy atom. The van der Waals surface area contributed by atoms with Crippen molar-refractivity contribution in [3.05, 3.63) is 69.8 Å². The molecule has 0 aliphatic heterocycles. The molecular weight excluding hydrogens is 284 g/mol. The fourth-order valence-electron chi connectivity index (χ4n) is 1.72. The van der Waals surface area contributed by atoms with Crippen LogP contribution in [0.2, 0.25) is 0 Å². The molecule has 112 valence electrons.